The summed E-state index contributed by atoms with van der Waals surface area (Å²) in [7, 11) is 0. The molecule has 1 atom stereocenters. The Balaban J connectivity index is 2.52. The van der Waals surface area contributed by atoms with Crippen LogP contribution in [0.25, 0.3) is 0 Å². The minimum atomic E-state index is -0.276. The molecule has 0 radical (unpaired) electrons. The number of unbranched alkanes of at least 4 members (excludes halogenated alkanes) is 1. The summed E-state index contributed by atoms with van der Waals surface area (Å²) >= 11 is 0. The van der Waals surface area contributed by atoms with Gasteiger partial charge in [0.15, 0.2) is 0 Å². The van der Waals surface area contributed by atoms with E-state index >= 15 is 0 Å². The Morgan fingerprint density at radius 1 is 1.15 bits per heavy atom. The van der Waals surface area contributed by atoms with Crippen LogP contribution in [0.4, 0.5) is 0 Å². The summed E-state index contributed by atoms with van der Waals surface area (Å²) in [6.45, 7) is 5.96. The zero-order valence-electron chi connectivity index (χ0n) is 12.5. The molecule has 110 valence electrons. The van der Waals surface area contributed by atoms with E-state index in [-0.39, 0.29) is 17.7 Å². The molecule has 0 aliphatic carbocycles. The van der Waals surface area contributed by atoms with Gasteiger partial charge in [0.1, 0.15) is 0 Å². The molecule has 0 spiro atoms. The van der Waals surface area contributed by atoms with E-state index in [9.17, 15) is 9.59 Å². The first-order chi connectivity index (χ1) is 9.60. The van der Waals surface area contributed by atoms with Gasteiger partial charge in [0.25, 0.3) is 5.91 Å². The highest BCUT2D eigenvalue weighted by atomic mass is 16.2. The molecule has 20 heavy (non-hydrogen) atoms. The average Bonchev–Trinajstić information content (AvgIpc) is 2.46. The molecular weight excluding hydrogens is 252 g/mol. The molecule has 0 aliphatic heterocycles. The molecule has 2 amide bonds. The summed E-state index contributed by atoms with van der Waals surface area (Å²) in [5.41, 5.74) is 6.49. The Labute approximate surface area is 120 Å². The van der Waals surface area contributed by atoms with E-state index in [0.29, 0.717) is 5.56 Å². The van der Waals surface area contributed by atoms with Crippen LogP contribution in [0.2, 0.25) is 0 Å². The lowest BCUT2D eigenvalue weighted by molar-refractivity contribution is -0.126. The summed E-state index contributed by atoms with van der Waals surface area (Å²) in [5, 5.41) is 0. The quantitative estimate of drug-likeness (QED) is 0.785. The van der Waals surface area contributed by atoms with Crippen LogP contribution < -0.4 is 10.9 Å². The van der Waals surface area contributed by atoms with Gasteiger partial charge >= 0.3 is 0 Å². The number of rotatable bonds is 6. The van der Waals surface area contributed by atoms with Gasteiger partial charge in [-0.25, -0.2) is 0 Å². The molecule has 4 heteroatoms. The predicted octanol–water partition coefficient (Wildman–Crippen LogP) is 2.97. The van der Waals surface area contributed by atoms with E-state index in [1.165, 1.54) is 0 Å². The Hall–Kier alpha value is -1.84. The highest BCUT2D eigenvalue weighted by molar-refractivity contribution is 5.96. The second-order valence-electron chi connectivity index (χ2n) is 5.01. The van der Waals surface area contributed by atoms with Gasteiger partial charge in [-0.2, -0.15) is 0 Å². The van der Waals surface area contributed by atoms with Crippen LogP contribution in [0.15, 0.2) is 24.3 Å². The van der Waals surface area contributed by atoms with Crippen LogP contribution in [0.5, 0.6) is 0 Å². The number of carbonyl (C=O) groups is 2. The first kappa shape index (κ1) is 16.2. The lowest BCUT2D eigenvalue weighted by Crippen LogP contribution is -2.44. The molecule has 0 aromatic heterocycles. The molecule has 1 rings (SSSR count). The number of aryl methyl sites for hydroxylation is 1. The standard InChI is InChI=1S/C16H24N2O2/c1-4-6-10-13(5-2)15(19)17-18-16(20)14-11-8-7-9-12(14)3/h7-9,11,13H,4-6,10H2,1-3H3,(H,17,19)(H,18,20)/t13-/m1/s1. The number of benzene rings is 1. The topological polar surface area (TPSA) is 58.2 Å². The van der Waals surface area contributed by atoms with Gasteiger partial charge in [0.2, 0.25) is 5.91 Å². The molecule has 0 fully saturated rings. The maximum Gasteiger partial charge on any atom is 0.269 e. The highest BCUT2D eigenvalue weighted by Crippen LogP contribution is 2.12. The van der Waals surface area contributed by atoms with Crippen LogP contribution in [-0.2, 0) is 4.79 Å². The molecule has 0 unspecified atom stereocenters. The smallest absolute Gasteiger partial charge is 0.269 e. The summed E-state index contributed by atoms with van der Waals surface area (Å²) in [6, 6.07) is 7.29. The molecule has 0 heterocycles. The average molecular weight is 276 g/mol. The fourth-order valence-corrected chi connectivity index (χ4v) is 2.09. The van der Waals surface area contributed by atoms with Crippen LogP contribution in [-0.4, -0.2) is 11.8 Å². The van der Waals surface area contributed by atoms with Crippen molar-refractivity contribution in [2.45, 2.75) is 46.5 Å². The van der Waals surface area contributed by atoms with Crippen molar-refractivity contribution >= 4 is 11.8 Å². The normalized spacial score (nSPS) is 11.8. The van der Waals surface area contributed by atoms with E-state index in [0.717, 1.165) is 31.2 Å². The van der Waals surface area contributed by atoms with Gasteiger partial charge < -0.3 is 0 Å². The third-order valence-electron chi connectivity index (χ3n) is 3.46. The van der Waals surface area contributed by atoms with Crippen molar-refractivity contribution in [3.8, 4) is 0 Å². The molecule has 1 aromatic carbocycles. The molecule has 0 saturated heterocycles. The van der Waals surface area contributed by atoms with Gasteiger partial charge in [-0.1, -0.05) is 44.9 Å². The fourth-order valence-electron chi connectivity index (χ4n) is 2.09. The Morgan fingerprint density at radius 2 is 1.85 bits per heavy atom. The van der Waals surface area contributed by atoms with Crippen molar-refractivity contribution in [1.29, 1.82) is 0 Å². The molecular formula is C16H24N2O2. The summed E-state index contributed by atoms with van der Waals surface area (Å²) < 4.78 is 0. The van der Waals surface area contributed by atoms with Crippen molar-refractivity contribution in [1.82, 2.24) is 10.9 Å². The van der Waals surface area contributed by atoms with Crippen molar-refractivity contribution in [2.24, 2.45) is 5.92 Å². The van der Waals surface area contributed by atoms with E-state index in [1.807, 2.05) is 26.0 Å². The van der Waals surface area contributed by atoms with Crippen molar-refractivity contribution in [2.75, 3.05) is 0 Å². The van der Waals surface area contributed by atoms with E-state index in [4.69, 9.17) is 0 Å². The van der Waals surface area contributed by atoms with E-state index in [1.54, 1.807) is 12.1 Å². The maximum atomic E-state index is 12.0. The van der Waals surface area contributed by atoms with Crippen LogP contribution in [0, 0.1) is 12.8 Å². The van der Waals surface area contributed by atoms with Gasteiger partial charge in [0.05, 0.1) is 0 Å². The largest absolute Gasteiger partial charge is 0.273 e. The molecule has 0 saturated carbocycles. The van der Waals surface area contributed by atoms with Crippen molar-refractivity contribution in [3.63, 3.8) is 0 Å². The maximum absolute atomic E-state index is 12.0. The third kappa shape index (κ3) is 4.68. The number of hydrazine groups is 1. The molecule has 2 N–H and O–H groups in total. The first-order valence-electron chi connectivity index (χ1n) is 7.25. The van der Waals surface area contributed by atoms with E-state index in [2.05, 4.69) is 17.8 Å². The number of hydrogen-bond donors (Lipinski definition) is 2. The molecule has 0 aliphatic rings. The first-order valence-corrected chi connectivity index (χ1v) is 7.25. The summed E-state index contributed by atoms with van der Waals surface area (Å²) in [5.74, 6) is -0.420. The van der Waals surface area contributed by atoms with Gasteiger partial charge in [0, 0.05) is 11.5 Å². The molecule has 1 aromatic rings. The Bertz CT molecular complexity index is 458. The van der Waals surface area contributed by atoms with Crippen LogP contribution >= 0.6 is 0 Å². The third-order valence-corrected chi connectivity index (χ3v) is 3.46. The van der Waals surface area contributed by atoms with Crippen LogP contribution in [0.3, 0.4) is 0 Å². The molecule has 4 nitrogen and oxygen atoms in total. The Morgan fingerprint density at radius 3 is 2.45 bits per heavy atom. The van der Waals surface area contributed by atoms with Crippen LogP contribution in [0.1, 0.15) is 55.5 Å². The van der Waals surface area contributed by atoms with Crippen molar-refractivity contribution < 1.29 is 9.59 Å². The number of nitrogens with one attached hydrogen (secondary N) is 2. The fraction of sp³-hybridized carbons (Fsp3) is 0.500. The minimum Gasteiger partial charge on any atom is -0.273 e. The lowest BCUT2D eigenvalue weighted by Gasteiger charge is -2.15. The molecule has 0 bridgehead atoms. The Kier molecular flexibility index (Phi) is 6.77. The monoisotopic (exact) mass is 276 g/mol. The summed E-state index contributed by atoms with van der Waals surface area (Å²) in [4.78, 5) is 23.9. The van der Waals surface area contributed by atoms with E-state index < -0.39 is 0 Å². The van der Waals surface area contributed by atoms with Gasteiger partial charge in [-0.05, 0) is 31.4 Å². The predicted molar refractivity (Wildman–Crippen MR) is 80.1 cm³/mol. The van der Waals surface area contributed by atoms with Crippen molar-refractivity contribution in [3.05, 3.63) is 35.4 Å². The summed E-state index contributed by atoms with van der Waals surface area (Å²) in [6.07, 6.45) is 3.74. The zero-order chi connectivity index (χ0) is 15.0. The number of carbonyl (C=O) groups excluding carboxylic acids is 2. The van der Waals surface area contributed by atoms with Gasteiger partial charge in [-0.3, -0.25) is 20.4 Å². The van der Waals surface area contributed by atoms with Gasteiger partial charge in [-0.15, -0.1) is 0 Å². The lowest BCUT2D eigenvalue weighted by atomic mass is 9.99. The second-order valence-corrected chi connectivity index (χ2v) is 5.01. The zero-order valence-corrected chi connectivity index (χ0v) is 12.5. The minimum absolute atomic E-state index is 0.0351. The second kappa shape index (κ2) is 8.35. The SMILES string of the molecule is CCCC[C@@H](CC)C(=O)NNC(=O)c1ccccc1C. The highest BCUT2D eigenvalue weighted by Gasteiger charge is 2.16. The number of hydrogen-bond acceptors (Lipinski definition) is 2. The number of amides is 2.